The van der Waals surface area contributed by atoms with Gasteiger partial charge in [-0.1, -0.05) is 30.3 Å². The van der Waals surface area contributed by atoms with E-state index in [0.717, 1.165) is 32.2 Å². The molecule has 1 amide bonds. The molecule has 126 valence electrons. The molecule has 6 heteroatoms. The predicted molar refractivity (Wildman–Crippen MR) is 80.6 cm³/mol. The zero-order valence-electron chi connectivity index (χ0n) is 12.9. The lowest BCUT2D eigenvalue weighted by Crippen LogP contribution is -2.50. The number of hydrogen-bond acceptors (Lipinski definition) is 2. The van der Waals surface area contributed by atoms with Crippen LogP contribution in [0.3, 0.4) is 0 Å². The molecule has 2 aliphatic rings. The minimum Gasteiger partial charge on any atom is -0.353 e. The summed E-state index contributed by atoms with van der Waals surface area (Å²) in [6, 6.07) is 10.8. The number of nitrogens with zero attached hydrogens (tertiary/aromatic N) is 1. The molecular formula is C17H21F3N2O. The summed E-state index contributed by atoms with van der Waals surface area (Å²) in [4.78, 5) is 13.9. The highest BCUT2D eigenvalue weighted by Crippen LogP contribution is 2.37. The molecule has 2 fully saturated rings. The minimum absolute atomic E-state index is 0.130. The molecule has 23 heavy (non-hydrogen) atoms. The normalized spacial score (nSPS) is 27.9. The van der Waals surface area contributed by atoms with Crippen molar-refractivity contribution in [3.63, 3.8) is 0 Å². The fourth-order valence-electron chi connectivity index (χ4n) is 3.91. The molecule has 0 aliphatic carbocycles. The molecule has 2 heterocycles. The molecule has 2 saturated heterocycles. The van der Waals surface area contributed by atoms with Crippen LogP contribution in [0.2, 0.25) is 0 Å². The van der Waals surface area contributed by atoms with Gasteiger partial charge in [0.2, 0.25) is 5.91 Å². The first kappa shape index (κ1) is 16.3. The monoisotopic (exact) mass is 326 g/mol. The minimum atomic E-state index is -4.43. The lowest BCUT2D eigenvalue weighted by molar-refractivity contribution is -0.154. The van der Waals surface area contributed by atoms with E-state index < -0.39 is 18.5 Å². The summed E-state index contributed by atoms with van der Waals surface area (Å²) in [5, 5.41) is 2.58. The lowest BCUT2D eigenvalue weighted by atomic mass is 9.96. The topological polar surface area (TPSA) is 32.3 Å². The highest BCUT2D eigenvalue weighted by Gasteiger charge is 2.41. The average Bonchev–Trinajstić information content (AvgIpc) is 2.68. The molecule has 1 unspecified atom stereocenters. The zero-order valence-corrected chi connectivity index (χ0v) is 12.9. The number of piperidine rings is 1. The molecule has 0 aromatic heterocycles. The maximum Gasteiger partial charge on any atom is 0.397 e. The van der Waals surface area contributed by atoms with E-state index in [1.807, 2.05) is 18.2 Å². The predicted octanol–water partition coefficient (Wildman–Crippen LogP) is 3.25. The Morgan fingerprint density at radius 3 is 2.30 bits per heavy atom. The first-order valence-corrected chi connectivity index (χ1v) is 8.06. The van der Waals surface area contributed by atoms with Crippen LogP contribution in [0.5, 0.6) is 0 Å². The number of rotatable bonds is 4. The first-order valence-electron chi connectivity index (χ1n) is 8.06. The van der Waals surface area contributed by atoms with Crippen molar-refractivity contribution in [1.29, 1.82) is 0 Å². The van der Waals surface area contributed by atoms with Crippen molar-refractivity contribution in [3.8, 4) is 0 Å². The van der Waals surface area contributed by atoms with E-state index in [4.69, 9.17) is 0 Å². The van der Waals surface area contributed by atoms with Crippen molar-refractivity contribution >= 4 is 5.91 Å². The van der Waals surface area contributed by atoms with Gasteiger partial charge in [0.1, 0.15) is 6.42 Å². The van der Waals surface area contributed by atoms with Crippen molar-refractivity contribution < 1.29 is 18.0 Å². The van der Waals surface area contributed by atoms with Gasteiger partial charge in [0.05, 0.1) is 0 Å². The summed E-state index contributed by atoms with van der Waals surface area (Å²) in [5.74, 6) is -0.904. The fourth-order valence-corrected chi connectivity index (χ4v) is 3.91. The van der Waals surface area contributed by atoms with E-state index in [9.17, 15) is 18.0 Å². The average molecular weight is 326 g/mol. The molecule has 0 spiro atoms. The fraction of sp³-hybridized carbons (Fsp3) is 0.588. The molecule has 3 nitrogen and oxygen atoms in total. The number of nitrogens with one attached hydrogen (secondary N) is 1. The summed E-state index contributed by atoms with van der Waals surface area (Å²) >= 11 is 0. The van der Waals surface area contributed by atoms with E-state index in [2.05, 4.69) is 22.3 Å². The Hall–Kier alpha value is -1.56. The Morgan fingerprint density at radius 1 is 1.13 bits per heavy atom. The van der Waals surface area contributed by atoms with Gasteiger partial charge < -0.3 is 5.32 Å². The number of benzene rings is 1. The number of carbonyl (C=O) groups excluding carboxylic acids is 1. The van der Waals surface area contributed by atoms with E-state index in [1.165, 1.54) is 5.56 Å². The maximum atomic E-state index is 12.3. The van der Waals surface area contributed by atoms with E-state index >= 15 is 0 Å². The molecule has 0 saturated carbocycles. The van der Waals surface area contributed by atoms with Crippen LogP contribution in [0.4, 0.5) is 13.2 Å². The molecule has 0 radical (unpaired) electrons. The third-order valence-electron chi connectivity index (χ3n) is 4.82. The number of fused-ring (bicyclic) bond motifs is 2. The van der Waals surface area contributed by atoms with Crippen molar-refractivity contribution in [3.05, 3.63) is 35.9 Å². The standard InChI is InChI=1S/C17H21F3N2O/c18-17(19,20)10-16(23)21-13-8-14-6-7-15(9-13)22(14)11-12-4-2-1-3-5-12/h1-5,13-15H,6-11H2,(H,21,23)/t13?,14-,15+. The highest BCUT2D eigenvalue weighted by atomic mass is 19.4. The van der Waals surface area contributed by atoms with Gasteiger partial charge in [0.25, 0.3) is 0 Å². The molecule has 1 aromatic rings. The summed E-state index contributed by atoms with van der Waals surface area (Å²) in [7, 11) is 0. The van der Waals surface area contributed by atoms with Crippen LogP contribution in [-0.4, -0.2) is 35.1 Å². The van der Waals surface area contributed by atoms with Gasteiger partial charge >= 0.3 is 6.18 Å². The molecule has 3 atom stereocenters. The molecule has 2 bridgehead atoms. The second kappa shape index (κ2) is 6.51. The summed E-state index contributed by atoms with van der Waals surface area (Å²) < 4.78 is 36.8. The maximum absolute atomic E-state index is 12.3. The van der Waals surface area contributed by atoms with Crippen LogP contribution in [0.15, 0.2) is 30.3 Å². The number of halogens is 3. The van der Waals surface area contributed by atoms with Crippen molar-refractivity contribution in [2.24, 2.45) is 0 Å². The molecule has 2 aliphatic heterocycles. The Balaban J connectivity index is 1.56. The largest absolute Gasteiger partial charge is 0.397 e. The highest BCUT2D eigenvalue weighted by molar-refractivity contribution is 5.76. The SMILES string of the molecule is O=C(CC(F)(F)F)NC1C[C@H]2CC[C@@H](C1)N2Cc1ccccc1. The molecule has 1 aromatic carbocycles. The number of hydrogen-bond donors (Lipinski definition) is 1. The van der Waals surface area contributed by atoms with Crippen LogP contribution in [0, 0.1) is 0 Å². The Morgan fingerprint density at radius 2 is 1.74 bits per heavy atom. The third kappa shape index (κ3) is 4.25. The van der Waals surface area contributed by atoms with E-state index in [1.54, 1.807) is 0 Å². The van der Waals surface area contributed by atoms with Crippen molar-refractivity contribution in [2.75, 3.05) is 0 Å². The van der Waals surface area contributed by atoms with Gasteiger partial charge in [-0.15, -0.1) is 0 Å². The van der Waals surface area contributed by atoms with Crippen LogP contribution >= 0.6 is 0 Å². The molecule has 3 rings (SSSR count). The summed E-state index contributed by atoms with van der Waals surface area (Å²) in [6.45, 7) is 0.874. The van der Waals surface area contributed by atoms with Crippen molar-refractivity contribution in [1.82, 2.24) is 10.2 Å². The molecular weight excluding hydrogens is 305 g/mol. The quantitative estimate of drug-likeness (QED) is 0.921. The van der Waals surface area contributed by atoms with E-state index in [-0.39, 0.29) is 6.04 Å². The van der Waals surface area contributed by atoms with Crippen LogP contribution in [0.25, 0.3) is 0 Å². The second-order valence-corrected chi connectivity index (χ2v) is 6.57. The first-order chi connectivity index (χ1) is 10.9. The van der Waals surface area contributed by atoms with Gasteiger partial charge in [-0.2, -0.15) is 13.2 Å². The van der Waals surface area contributed by atoms with Gasteiger partial charge in [0, 0.05) is 24.7 Å². The van der Waals surface area contributed by atoms with Crippen LogP contribution in [0.1, 0.15) is 37.7 Å². The zero-order chi connectivity index (χ0) is 16.4. The number of alkyl halides is 3. The number of carbonyl (C=O) groups is 1. The van der Waals surface area contributed by atoms with Crippen molar-refractivity contribution in [2.45, 2.75) is 63.0 Å². The Labute approximate surface area is 133 Å². The van der Waals surface area contributed by atoms with Gasteiger partial charge in [-0.3, -0.25) is 9.69 Å². The van der Waals surface area contributed by atoms with Gasteiger partial charge in [-0.25, -0.2) is 0 Å². The third-order valence-corrected chi connectivity index (χ3v) is 4.82. The summed E-state index contributed by atoms with van der Waals surface area (Å²) in [6.07, 6.45) is -2.21. The number of amides is 1. The van der Waals surface area contributed by atoms with Crippen LogP contribution < -0.4 is 5.32 Å². The Bertz CT molecular complexity index is 533. The lowest BCUT2D eigenvalue weighted by Gasteiger charge is -2.39. The van der Waals surface area contributed by atoms with E-state index in [0.29, 0.717) is 12.1 Å². The Kier molecular flexibility index (Phi) is 4.62. The van der Waals surface area contributed by atoms with Gasteiger partial charge in [-0.05, 0) is 31.2 Å². The summed E-state index contributed by atoms with van der Waals surface area (Å²) in [5.41, 5.74) is 1.25. The second-order valence-electron chi connectivity index (χ2n) is 6.57. The molecule has 1 N–H and O–H groups in total. The smallest absolute Gasteiger partial charge is 0.353 e. The van der Waals surface area contributed by atoms with Gasteiger partial charge in [0.15, 0.2) is 0 Å². The van der Waals surface area contributed by atoms with Crippen LogP contribution in [-0.2, 0) is 11.3 Å².